The van der Waals surface area contributed by atoms with Gasteiger partial charge in [0.1, 0.15) is 6.04 Å². The van der Waals surface area contributed by atoms with Gasteiger partial charge in [-0.3, -0.25) is 4.68 Å². The molecule has 17 heavy (non-hydrogen) atoms. The SMILES string of the molecule is COC(=O)[C@@H](C)n1nc(C(F)(F)F)c(Br)c1C. The molecule has 0 saturated heterocycles. The predicted molar refractivity (Wildman–Crippen MR) is 56.4 cm³/mol. The first kappa shape index (κ1) is 14.0. The molecule has 1 atom stereocenters. The van der Waals surface area contributed by atoms with Crippen molar-refractivity contribution in [2.45, 2.75) is 26.1 Å². The van der Waals surface area contributed by atoms with Crippen LogP contribution in [0.15, 0.2) is 4.47 Å². The maximum Gasteiger partial charge on any atom is 0.436 e. The zero-order valence-corrected chi connectivity index (χ0v) is 10.9. The van der Waals surface area contributed by atoms with Crippen LogP contribution in [0.1, 0.15) is 24.4 Å². The van der Waals surface area contributed by atoms with E-state index < -0.39 is 23.9 Å². The molecule has 0 saturated carbocycles. The number of hydrogen-bond donors (Lipinski definition) is 0. The Morgan fingerprint density at radius 1 is 1.53 bits per heavy atom. The highest BCUT2D eigenvalue weighted by Gasteiger charge is 2.39. The van der Waals surface area contributed by atoms with Crippen LogP contribution < -0.4 is 0 Å². The molecule has 1 rings (SSSR count). The van der Waals surface area contributed by atoms with Gasteiger partial charge in [-0.05, 0) is 29.8 Å². The van der Waals surface area contributed by atoms with E-state index in [1.807, 2.05) is 0 Å². The molecule has 1 heterocycles. The van der Waals surface area contributed by atoms with Gasteiger partial charge in [-0.15, -0.1) is 0 Å². The largest absolute Gasteiger partial charge is 0.467 e. The van der Waals surface area contributed by atoms with E-state index in [2.05, 4.69) is 25.8 Å². The van der Waals surface area contributed by atoms with E-state index >= 15 is 0 Å². The number of hydrogen-bond acceptors (Lipinski definition) is 3. The Balaban J connectivity index is 3.25. The minimum absolute atomic E-state index is 0.166. The highest BCUT2D eigenvalue weighted by molar-refractivity contribution is 9.10. The summed E-state index contributed by atoms with van der Waals surface area (Å²) in [6, 6.07) is -0.910. The molecule has 4 nitrogen and oxygen atoms in total. The number of ether oxygens (including phenoxy) is 1. The molecule has 1 aromatic rings. The zero-order valence-electron chi connectivity index (χ0n) is 9.30. The van der Waals surface area contributed by atoms with Gasteiger partial charge in [0.15, 0.2) is 5.69 Å². The van der Waals surface area contributed by atoms with Crippen molar-refractivity contribution in [2.24, 2.45) is 0 Å². The Morgan fingerprint density at radius 2 is 2.06 bits per heavy atom. The van der Waals surface area contributed by atoms with E-state index in [1.54, 1.807) is 0 Å². The molecule has 0 N–H and O–H groups in total. The van der Waals surface area contributed by atoms with Crippen LogP contribution in [0, 0.1) is 6.92 Å². The Morgan fingerprint density at radius 3 is 2.41 bits per heavy atom. The normalized spacial score (nSPS) is 13.6. The maximum atomic E-state index is 12.6. The Bertz CT molecular complexity index is 442. The van der Waals surface area contributed by atoms with Crippen LogP contribution in [-0.2, 0) is 15.7 Å². The molecule has 0 aliphatic carbocycles. The molecule has 0 amide bonds. The van der Waals surface area contributed by atoms with Crippen molar-refractivity contribution in [1.29, 1.82) is 0 Å². The van der Waals surface area contributed by atoms with Crippen molar-refractivity contribution in [2.75, 3.05) is 7.11 Å². The fourth-order valence-electron chi connectivity index (χ4n) is 1.33. The molecular formula is C9H10BrF3N2O2. The smallest absolute Gasteiger partial charge is 0.436 e. The molecule has 0 aliphatic rings. The molecular weight excluding hydrogens is 305 g/mol. The monoisotopic (exact) mass is 314 g/mol. The van der Waals surface area contributed by atoms with E-state index in [0.717, 1.165) is 11.8 Å². The predicted octanol–water partition coefficient (Wildman–Crippen LogP) is 2.71. The summed E-state index contributed by atoms with van der Waals surface area (Å²) in [5, 5.41) is 3.39. The summed E-state index contributed by atoms with van der Waals surface area (Å²) in [4.78, 5) is 11.3. The summed E-state index contributed by atoms with van der Waals surface area (Å²) in [6.45, 7) is 2.85. The first-order valence-corrected chi connectivity index (χ1v) is 5.39. The summed E-state index contributed by atoms with van der Waals surface area (Å²) >= 11 is 2.82. The highest BCUT2D eigenvalue weighted by atomic mass is 79.9. The standard InChI is InChI=1S/C9H10BrF3N2O2/c1-4-6(10)7(9(11,12)13)14-15(4)5(2)8(16)17-3/h5H,1-3H3/t5-/m1/s1. The Hall–Kier alpha value is -1.05. The molecule has 0 unspecified atom stereocenters. The van der Waals surface area contributed by atoms with E-state index in [0.29, 0.717) is 0 Å². The van der Waals surface area contributed by atoms with Crippen LogP contribution in [0.25, 0.3) is 0 Å². The number of methoxy groups -OCH3 is 1. The second-order valence-corrected chi connectivity index (χ2v) is 4.18. The summed E-state index contributed by atoms with van der Waals surface area (Å²) in [5.41, 5.74) is -0.832. The van der Waals surface area contributed by atoms with Gasteiger partial charge in [-0.2, -0.15) is 18.3 Å². The number of aromatic nitrogens is 2. The number of alkyl halides is 3. The molecule has 8 heteroatoms. The minimum atomic E-state index is -4.56. The van der Waals surface area contributed by atoms with Crippen molar-refractivity contribution in [1.82, 2.24) is 9.78 Å². The zero-order chi connectivity index (χ0) is 13.4. The molecule has 1 aromatic heterocycles. The summed E-state index contributed by atoms with van der Waals surface area (Å²) in [5.74, 6) is -0.656. The lowest BCUT2D eigenvalue weighted by atomic mass is 10.3. The molecule has 0 aliphatic heterocycles. The number of carbonyl (C=O) groups is 1. The van der Waals surface area contributed by atoms with Crippen LogP contribution in [-0.4, -0.2) is 22.9 Å². The second-order valence-electron chi connectivity index (χ2n) is 3.39. The molecule has 0 aromatic carbocycles. The number of carbonyl (C=O) groups excluding carboxylic acids is 1. The highest BCUT2D eigenvalue weighted by Crippen LogP contribution is 2.36. The van der Waals surface area contributed by atoms with Crippen LogP contribution in [0.5, 0.6) is 0 Å². The maximum absolute atomic E-state index is 12.6. The van der Waals surface area contributed by atoms with Crippen LogP contribution in [0.3, 0.4) is 0 Å². The number of halogens is 4. The number of rotatable bonds is 2. The first-order valence-electron chi connectivity index (χ1n) is 4.59. The quantitative estimate of drug-likeness (QED) is 0.788. The summed E-state index contributed by atoms with van der Waals surface area (Å²) in [7, 11) is 1.16. The van der Waals surface area contributed by atoms with E-state index in [1.165, 1.54) is 13.8 Å². The molecule has 0 fully saturated rings. The Labute approximate surface area is 104 Å². The van der Waals surface area contributed by atoms with Crippen LogP contribution in [0.4, 0.5) is 13.2 Å². The van der Waals surface area contributed by atoms with Gasteiger partial charge in [0.05, 0.1) is 17.3 Å². The third-order valence-electron chi connectivity index (χ3n) is 2.25. The molecule has 0 spiro atoms. The van der Waals surface area contributed by atoms with Gasteiger partial charge in [-0.25, -0.2) is 4.79 Å². The fraction of sp³-hybridized carbons (Fsp3) is 0.556. The van der Waals surface area contributed by atoms with Crippen LogP contribution in [0.2, 0.25) is 0 Å². The second kappa shape index (κ2) is 4.67. The number of nitrogens with zero attached hydrogens (tertiary/aromatic N) is 2. The molecule has 96 valence electrons. The lowest BCUT2D eigenvalue weighted by Crippen LogP contribution is -2.20. The summed E-state index contributed by atoms with van der Waals surface area (Å²) < 4.78 is 43.0. The van der Waals surface area contributed by atoms with E-state index in [-0.39, 0.29) is 10.2 Å². The fourth-order valence-corrected chi connectivity index (χ4v) is 1.81. The average molecular weight is 315 g/mol. The topological polar surface area (TPSA) is 44.1 Å². The number of esters is 1. The van der Waals surface area contributed by atoms with Crippen molar-refractivity contribution in [3.05, 3.63) is 15.9 Å². The van der Waals surface area contributed by atoms with Gasteiger partial charge in [0.2, 0.25) is 0 Å². The van der Waals surface area contributed by atoms with Crippen molar-refractivity contribution in [3.8, 4) is 0 Å². The van der Waals surface area contributed by atoms with Crippen molar-refractivity contribution < 1.29 is 22.7 Å². The van der Waals surface area contributed by atoms with Gasteiger partial charge >= 0.3 is 12.1 Å². The lowest BCUT2D eigenvalue weighted by molar-refractivity contribution is -0.146. The van der Waals surface area contributed by atoms with E-state index in [9.17, 15) is 18.0 Å². The van der Waals surface area contributed by atoms with Gasteiger partial charge in [0, 0.05) is 0 Å². The third-order valence-corrected chi connectivity index (χ3v) is 3.20. The third kappa shape index (κ3) is 2.62. The Kier molecular flexibility index (Phi) is 3.85. The minimum Gasteiger partial charge on any atom is -0.467 e. The average Bonchev–Trinajstić information content (AvgIpc) is 2.53. The van der Waals surface area contributed by atoms with Gasteiger partial charge in [-0.1, -0.05) is 0 Å². The molecule has 0 bridgehead atoms. The van der Waals surface area contributed by atoms with Crippen molar-refractivity contribution >= 4 is 21.9 Å². The van der Waals surface area contributed by atoms with Crippen LogP contribution >= 0.6 is 15.9 Å². The van der Waals surface area contributed by atoms with Gasteiger partial charge < -0.3 is 4.74 Å². The summed E-state index contributed by atoms with van der Waals surface area (Å²) in [6.07, 6.45) is -4.56. The lowest BCUT2D eigenvalue weighted by Gasteiger charge is -2.11. The van der Waals surface area contributed by atoms with Crippen molar-refractivity contribution in [3.63, 3.8) is 0 Å². The van der Waals surface area contributed by atoms with E-state index in [4.69, 9.17) is 0 Å². The first-order chi connectivity index (χ1) is 7.70. The molecule has 0 radical (unpaired) electrons. The van der Waals surface area contributed by atoms with Gasteiger partial charge in [0.25, 0.3) is 0 Å².